The van der Waals surface area contributed by atoms with Crippen molar-refractivity contribution in [3.63, 3.8) is 0 Å². The van der Waals surface area contributed by atoms with Crippen LogP contribution in [0.25, 0.3) is 5.69 Å². The van der Waals surface area contributed by atoms with Gasteiger partial charge in [-0.05, 0) is 79.6 Å². The molecule has 41 heavy (non-hydrogen) atoms. The molecule has 9 heteroatoms. The summed E-state index contributed by atoms with van der Waals surface area (Å²) in [6, 6.07) is 25.5. The standard InChI is InChI=1S/C32H35N5O3S/c1-23-7-6-10-27(19-23)37-29(21-33-31(39)26-11-13-28(40-2)14-12-26)34-35-32(37)41-22-30(38)36-17-15-25(16-18-36)20-24-8-4-3-5-9-24/h3-14,19,25H,15-18,20-22H2,1-2H3,(H,33,39). The fourth-order valence-electron chi connectivity index (χ4n) is 5.09. The summed E-state index contributed by atoms with van der Waals surface area (Å²) in [5.74, 6) is 2.07. The smallest absolute Gasteiger partial charge is 0.251 e. The number of likely N-dealkylation sites (tertiary alicyclic amines) is 1. The normalized spacial score (nSPS) is 13.7. The molecule has 0 spiro atoms. The number of amides is 2. The molecule has 1 saturated heterocycles. The highest BCUT2D eigenvalue weighted by molar-refractivity contribution is 7.99. The topological polar surface area (TPSA) is 89.3 Å². The number of piperidine rings is 1. The van der Waals surface area contributed by atoms with Crippen LogP contribution in [0, 0.1) is 12.8 Å². The quantitative estimate of drug-likeness (QED) is 0.268. The summed E-state index contributed by atoms with van der Waals surface area (Å²) in [7, 11) is 1.59. The van der Waals surface area contributed by atoms with E-state index >= 15 is 0 Å². The average Bonchev–Trinajstić information content (AvgIpc) is 3.42. The van der Waals surface area contributed by atoms with Crippen molar-refractivity contribution in [2.24, 2.45) is 5.92 Å². The number of aromatic nitrogens is 3. The number of ether oxygens (including phenoxy) is 1. The Morgan fingerprint density at radius 2 is 1.73 bits per heavy atom. The molecule has 1 fully saturated rings. The molecule has 212 valence electrons. The van der Waals surface area contributed by atoms with Crippen molar-refractivity contribution in [1.82, 2.24) is 25.0 Å². The number of carbonyl (C=O) groups is 2. The maximum Gasteiger partial charge on any atom is 0.251 e. The summed E-state index contributed by atoms with van der Waals surface area (Å²) in [6.07, 6.45) is 3.10. The van der Waals surface area contributed by atoms with E-state index in [0.29, 0.717) is 28.2 Å². The second kappa shape index (κ2) is 13.5. The molecule has 0 aliphatic carbocycles. The Bertz CT molecular complexity index is 1460. The van der Waals surface area contributed by atoms with Gasteiger partial charge in [0, 0.05) is 24.3 Å². The molecule has 0 atom stereocenters. The molecule has 5 rings (SSSR count). The first-order valence-corrected chi connectivity index (χ1v) is 14.9. The maximum absolute atomic E-state index is 13.1. The predicted molar refractivity (Wildman–Crippen MR) is 160 cm³/mol. The number of benzene rings is 3. The molecular formula is C32H35N5O3S. The zero-order valence-corrected chi connectivity index (χ0v) is 24.3. The fraction of sp³-hybridized carbons (Fsp3) is 0.312. The first-order chi connectivity index (χ1) is 20.0. The van der Waals surface area contributed by atoms with Gasteiger partial charge >= 0.3 is 0 Å². The number of rotatable bonds is 10. The lowest BCUT2D eigenvalue weighted by Crippen LogP contribution is -2.39. The molecule has 0 unspecified atom stereocenters. The average molecular weight is 570 g/mol. The number of nitrogens with one attached hydrogen (secondary N) is 1. The van der Waals surface area contributed by atoms with E-state index in [4.69, 9.17) is 4.74 Å². The van der Waals surface area contributed by atoms with Crippen molar-refractivity contribution in [1.29, 1.82) is 0 Å². The molecule has 4 aromatic rings. The van der Waals surface area contributed by atoms with Crippen LogP contribution in [0.1, 0.15) is 40.2 Å². The van der Waals surface area contributed by atoms with E-state index in [9.17, 15) is 9.59 Å². The number of methoxy groups -OCH3 is 1. The van der Waals surface area contributed by atoms with Crippen molar-refractivity contribution in [3.8, 4) is 11.4 Å². The number of aryl methyl sites for hydroxylation is 1. The summed E-state index contributed by atoms with van der Waals surface area (Å²) < 4.78 is 7.10. The minimum Gasteiger partial charge on any atom is -0.497 e. The molecule has 2 amide bonds. The second-order valence-electron chi connectivity index (χ2n) is 10.3. The molecule has 0 radical (unpaired) electrons. The van der Waals surface area contributed by atoms with Gasteiger partial charge in [-0.2, -0.15) is 0 Å². The van der Waals surface area contributed by atoms with Crippen LogP contribution in [0.5, 0.6) is 5.75 Å². The Balaban J connectivity index is 1.22. The number of hydrogen-bond acceptors (Lipinski definition) is 6. The summed E-state index contributed by atoms with van der Waals surface area (Å²) in [5.41, 5.74) is 3.87. The Hall–Kier alpha value is -4.11. The van der Waals surface area contributed by atoms with E-state index in [0.717, 1.165) is 43.6 Å². The van der Waals surface area contributed by atoms with Crippen LogP contribution in [0.15, 0.2) is 84.0 Å². The summed E-state index contributed by atoms with van der Waals surface area (Å²) in [5, 5.41) is 12.4. The Labute approximate surface area is 245 Å². The van der Waals surface area contributed by atoms with E-state index < -0.39 is 0 Å². The van der Waals surface area contributed by atoms with Gasteiger partial charge in [0.25, 0.3) is 5.91 Å². The lowest BCUT2D eigenvalue weighted by molar-refractivity contribution is -0.129. The van der Waals surface area contributed by atoms with Crippen molar-refractivity contribution in [3.05, 3.63) is 101 Å². The molecule has 2 heterocycles. The lowest BCUT2D eigenvalue weighted by Gasteiger charge is -2.32. The summed E-state index contributed by atoms with van der Waals surface area (Å²) in [6.45, 7) is 3.78. The van der Waals surface area contributed by atoms with Crippen LogP contribution < -0.4 is 10.1 Å². The first kappa shape index (κ1) is 28.4. The second-order valence-corrected chi connectivity index (χ2v) is 11.2. The van der Waals surface area contributed by atoms with Gasteiger partial charge in [0.2, 0.25) is 5.91 Å². The van der Waals surface area contributed by atoms with E-state index in [1.807, 2.05) is 46.7 Å². The molecule has 0 saturated carbocycles. The van der Waals surface area contributed by atoms with Crippen LogP contribution in [0.3, 0.4) is 0 Å². The molecule has 1 N–H and O–H groups in total. The SMILES string of the molecule is COc1ccc(C(=O)NCc2nnc(SCC(=O)N3CCC(Cc4ccccc4)CC3)n2-c2cccc(C)c2)cc1. The largest absolute Gasteiger partial charge is 0.497 e. The third kappa shape index (κ3) is 7.35. The van der Waals surface area contributed by atoms with Gasteiger partial charge in [-0.3, -0.25) is 14.2 Å². The molecule has 3 aromatic carbocycles. The van der Waals surface area contributed by atoms with Crippen LogP contribution in [-0.4, -0.2) is 57.4 Å². The first-order valence-electron chi connectivity index (χ1n) is 13.9. The van der Waals surface area contributed by atoms with E-state index in [2.05, 4.69) is 39.8 Å². The van der Waals surface area contributed by atoms with Crippen molar-refractivity contribution >= 4 is 23.6 Å². The Morgan fingerprint density at radius 3 is 2.44 bits per heavy atom. The predicted octanol–water partition coefficient (Wildman–Crippen LogP) is 5.09. The Kier molecular flexibility index (Phi) is 9.36. The third-order valence-electron chi connectivity index (χ3n) is 7.38. The van der Waals surface area contributed by atoms with Gasteiger partial charge in [0.1, 0.15) is 5.75 Å². The molecule has 8 nitrogen and oxygen atoms in total. The van der Waals surface area contributed by atoms with Crippen molar-refractivity contribution < 1.29 is 14.3 Å². The molecular weight excluding hydrogens is 534 g/mol. The monoisotopic (exact) mass is 569 g/mol. The number of thioether (sulfide) groups is 1. The van der Waals surface area contributed by atoms with Crippen molar-refractivity contribution in [2.75, 3.05) is 26.0 Å². The molecule has 1 aliphatic heterocycles. The lowest BCUT2D eigenvalue weighted by atomic mass is 9.90. The maximum atomic E-state index is 13.1. The van der Waals surface area contributed by atoms with Crippen LogP contribution >= 0.6 is 11.8 Å². The molecule has 1 aliphatic rings. The zero-order valence-electron chi connectivity index (χ0n) is 23.5. The minimum atomic E-state index is -0.216. The summed E-state index contributed by atoms with van der Waals surface area (Å²) in [4.78, 5) is 27.9. The summed E-state index contributed by atoms with van der Waals surface area (Å²) >= 11 is 1.38. The van der Waals surface area contributed by atoms with Crippen molar-refractivity contribution in [2.45, 2.75) is 37.9 Å². The number of hydrogen-bond donors (Lipinski definition) is 1. The van der Waals surface area contributed by atoms with Gasteiger partial charge < -0.3 is 15.0 Å². The van der Waals surface area contributed by atoms with Gasteiger partial charge in [-0.15, -0.1) is 10.2 Å². The molecule has 1 aromatic heterocycles. The van der Waals surface area contributed by atoms with E-state index in [-0.39, 0.29) is 24.1 Å². The number of carbonyl (C=O) groups excluding carboxylic acids is 2. The fourth-order valence-corrected chi connectivity index (χ4v) is 5.96. The van der Waals surface area contributed by atoms with Crippen LogP contribution in [0.4, 0.5) is 0 Å². The highest BCUT2D eigenvalue weighted by Crippen LogP contribution is 2.26. The van der Waals surface area contributed by atoms with E-state index in [1.54, 1.807) is 31.4 Å². The Morgan fingerprint density at radius 1 is 0.976 bits per heavy atom. The zero-order chi connectivity index (χ0) is 28.6. The highest BCUT2D eigenvalue weighted by atomic mass is 32.2. The van der Waals surface area contributed by atoms with E-state index in [1.165, 1.54) is 17.3 Å². The highest BCUT2D eigenvalue weighted by Gasteiger charge is 2.24. The van der Waals surface area contributed by atoms with Crippen LogP contribution in [-0.2, 0) is 17.8 Å². The number of nitrogens with zero attached hydrogens (tertiary/aromatic N) is 4. The van der Waals surface area contributed by atoms with Gasteiger partial charge in [0.15, 0.2) is 11.0 Å². The molecule has 0 bridgehead atoms. The third-order valence-corrected chi connectivity index (χ3v) is 8.29. The van der Waals surface area contributed by atoms with Gasteiger partial charge in [-0.25, -0.2) is 0 Å². The van der Waals surface area contributed by atoms with Crippen LogP contribution in [0.2, 0.25) is 0 Å². The van der Waals surface area contributed by atoms with Gasteiger partial charge in [-0.1, -0.05) is 54.2 Å². The minimum absolute atomic E-state index is 0.112. The van der Waals surface area contributed by atoms with Gasteiger partial charge in [0.05, 0.1) is 19.4 Å².